The van der Waals surface area contributed by atoms with Crippen LogP contribution >= 0.6 is 0 Å². The van der Waals surface area contributed by atoms with Gasteiger partial charge in [0.2, 0.25) is 0 Å². The van der Waals surface area contributed by atoms with Crippen LogP contribution < -0.4 is 14.2 Å². The van der Waals surface area contributed by atoms with Crippen LogP contribution in [0.2, 0.25) is 0 Å². The van der Waals surface area contributed by atoms with Crippen LogP contribution in [0.4, 0.5) is 39.5 Å². The normalized spacial score (nSPS) is 12.4. The molecule has 0 radical (unpaired) electrons. The molecule has 13 heteroatoms. The van der Waals surface area contributed by atoms with Crippen LogP contribution in [-0.4, -0.2) is 24.8 Å². The van der Waals surface area contributed by atoms with Gasteiger partial charge in [-0.3, -0.25) is 0 Å². The van der Waals surface area contributed by atoms with Gasteiger partial charge in [0.1, 0.15) is 22.9 Å². The summed E-state index contributed by atoms with van der Waals surface area (Å²) in [5.74, 6) is -1.77. The summed E-state index contributed by atoms with van der Waals surface area (Å²) in [5, 5.41) is 0. The van der Waals surface area contributed by atoms with E-state index in [0.717, 1.165) is 43.5 Å². The van der Waals surface area contributed by atoms with Gasteiger partial charge in [-0.1, -0.05) is 24.3 Å². The first-order valence-electron chi connectivity index (χ1n) is 9.05. The highest BCUT2D eigenvalue weighted by Gasteiger charge is 2.36. The lowest BCUT2D eigenvalue weighted by Crippen LogP contribution is -2.17. The number of ether oxygens (including phenoxy) is 3. The molecule has 1 aromatic heterocycles. The average Bonchev–Trinajstić information content (AvgIpc) is 2.70. The summed E-state index contributed by atoms with van der Waals surface area (Å²) in [7, 11) is 1.06. The highest BCUT2D eigenvalue weighted by Crippen LogP contribution is 2.43. The number of hydrogen-bond donors (Lipinski definition) is 0. The number of rotatable bonds is 5. The third-order valence-corrected chi connectivity index (χ3v) is 4.19. The molecule has 0 bridgehead atoms. The molecule has 0 fully saturated rings. The van der Waals surface area contributed by atoms with Gasteiger partial charge in [-0.2, -0.15) is 13.2 Å². The molecule has 0 spiro atoms. The monoisotopic (exact) mass is 497 g/mol. The van der Waals surface area contributed by atoms with Gasteiger partial charge >= 0.3 is 18.9 Å². The van der Waals surface area contributed by atoms with E-state index in [9.17, 15) is 39.5 Å². The van der Waals surface area contributed by atoms with Crippen LogP contribution in [0, 0.1) is 0 Å². The molecule has 0 N–H and O–H groups in total. The van der Waals surface area contributed by atoms with Crippen LogP contribution in [0.15, 0.2) is 54.6 Å². The van der Waals surface area contributed by atoms with Crippen molar-refractivity contribution in [2.24, 2.45) is 0 Å². The minimum Gasteiger partial charge on any atom is -0.494 e. The number of halogens is 9. The summed E-state index contributed by atoms with van der Waals surface area (Å²) in [4.78, 5) is 3.49. The van der Waals surface area contributed by atoms with Crippen molar-refractivity contribution in [2.75, 3.05) is 7.11 Å². The first-order chi connectivity index (χ1) is 15.7. The molecule has 1 heterocycles. The number of pyridine rings is 1. The van der Waals surface area contributed by atoms with Crippen LogP contribution in [0.5, 0.6) is 17.2 Å². The third-order valence-electron chi connectivity index (χ3n) is 4.19. The Morgan fingerprint density at radius 2 is 1.18 bits per heavy atom. The zero-order chi connectivity index (χ0) is 25.3. The standard InChI is InChI=1S/C21H12F9NO3/c1-32-18-15(11-4-2-6-13(8-11)33-20(25,26)27)10-16(19(22,23)24)31-17(18)12-5-3-7-14(9-12)34-21(28,29)30/h2-10H,1H3. The van der Waals surface area contributed by atoms with E-state index in [4.69, 9.17) is 4.74 Å². The molecular weight excluding hydrogens is 485 g/mol. The Bertz CT molecular complexity index is 1090. The molecule has 0 unspecified atom stereocenters. The predicted molar refractivity (Wildman–Crippen MR) is 100 cm³/mol. The summed E-state index contributed by atoms with van der Waals surface area (Å²) in [5.41, 5.74) is -2.68. The van der Waals surface area contributed by atoms with E-state index in [1.165, 1.54) is 12.1 Å². The second kappa shape index (κ2) is 8.95. The molecule has 3 aromatic rings. The lowest BCUT2D eigenvalue weighted by atomic mass is 9.99. The zero-order valence-electron chi connectivity index (χ0n) is 16.8. The van der Waals surface area contributed by atoms with E-state index in [1.807, 2.05) is 0 Å². The summed E-state index contributed by atoms with van der Waals surface area (Å²) < 4.78 is 129. The first kappa shape index (κ1) is 25.0. The van der Waals surface area contributed by atoms with Gasteiger partial charge in [-0.25, -0.2) is 4.98 Å². The van der Waals surface area contributed by atoms with Crippen molar-refractivity contribution in [3.05, 3.63) is 60.3 Å². The molecule has 0 aliphatic heterocycles. The van der Waals surface area contributed by atoms with Crippen molar-refractivity contribution < 1.29 is 53.7 Å². The van der Waals surface area contributed by atoms with E-state index < -0.39 is 41.8 Å². The van der Waals surface area contributed by atoms with Gasteiger partial charge in [0.15, 0.2) is 5.75 Å². The van der Waals surface area contributed by atoms with E-state index in [0.29, 0.717) is 6.07 Å². The SMILES string of the molecule is COc1c(-c2cccc(OC(F)(F)F)c2)cc(C(F)(F)F)nc1-c1cccc(OC(F)(F)F)c1. The Morgan fingerprint density at radius 1 is 0.676 bits per heavy atom. The summed E-state index contributed by atoms with van der Waals surface area (Å²) in [6, 6.07) is 8.62. The quantitative estimate of drug-likeness (QED) is 0.349. The van der Waals surface area contributed by atoms with Crippen LogP contribution in [-0.2, 0) is 6.18 Å². The maximum absolute atomic E-state index is 13.6. The molecular formula is C21H12F9NO3. The lowest BCUT2D eigenvalue weighted by molar-refractivity contribution is -0.275. The molecule has 0 saturated carbocycles. The van der Waals surface area contributed by atoms with Crippen molar-refractivity contribution >= 4 is 0 Å². The molecule has 0 aliphatic carbocycles. The van der Waals surface area contributed by atoms with Gasteiger partial charge in [-0.15, -0.1) is 26.3 Å². The first-order valence-corrected chi connectivity index (χ1v) is 9.05. The second-order valence-electron chi connectivity index (χ2n) is 6.59. The summed E-state index contributed by atoms with van der Waals surface area (Å²) in [6.45, 7) is 0. The Hall–Kier alpha value is -3.64. The maximum Gasteiger partial charge on any atom is 0.573 e. The number of methoxy groups -OCH3 is 1. The van der Waals surface area contributed by atoms with E-state index >= 15 is 0 Å². The number of nitrogens with zero attached hydrogens (tertiary/aromatic N) is 1. The Labute approximate surface area is 185 Å². The predicted octanol–water partition coefficient (Wildman–Crippen LogP) is 7.24. The van der Waals surface area contributed by atoms with Crippen molar-refractivity contribution in [3.63, 3.8) is 0 Å². The van der Waals surface area contributed by atoms with E-state index in [2.05, 4.69) is 14.5 Å². The fourth-order valence-electron chi connectivity index (χ4n) is 3.00. The fourth-order valence-corrected chi connectivity index (χ4v) is 3.00. The zero-order valence-corrected chi connectivity index (χ0v) is 16.8. The summed E-state index contributed by atoms with van der Waals surface area (Å²) >= 11 is 0. The van der Waals surface area contributed by atoms with Gasteiger partial charge in [0, 0.05) is 11.1 Å². The Morgan fingerprint density at radius 3 is 1.65 bits per heavy atom. The molecule has 0 saturated heterocycles. The highest BCUT2D eigenvalue weighted by molar-refractivity contribution is 5.81. The van der Waals surface area contributed by atoms with E-state index in [-0.39, 0.29) is 22.4 Å². The van der Waals surface area contributed by atoms with Crippen LogP contribution in [0.1, 0.15) is 5.69 Å². The third kappa shape index (κ3) is 6.23. The molecule has 0 aliphatic rings. The van der Waals surface area contributed by atoms with Gasteiger partial charge in [0.05, 0.1) is 7.11 Å². The minimum atomic E-state index is -5.06. The number of alkyl halides is 9. The number of aromatic nitrogens is 1. The topological polar surface area (TPSA) is 40.6 Å². The molecule has 4 nitrogen and oxygen atoms in total. The maximum atomic E-state index is 13.6. The molecule has 0 amide bonds. The fraction of sp³-hybridized carbons (Fsp3) is 0.190. The van der Waals surface area contributed by atoms with Crippen molar-refractivity contribution in [1.82, 2.24) is 4.98 Å². The Kier molecular flexibility index (Phi) is 6.58. The van der Waals surface area contributed by atoms with E-state index in [1.54, 1.807) is 0 Å². The van der Waals surface area contributed by atoms with Crippen molar-refractivity contribution in [3.8, 4) is 39.6 Å². The average molecular weight is 497 g/mol. The van der Waals surface area contributed by atoms with Crippen molar-refractivity contribution in [2.45, 2.75) is 18.9 Å². The van der Waals surface area contributed by atoms with Crippen LogP contribution in [0.3, 0.4) is 0 Å². The van der Waals surface area contributed by atoms with Crippen molar-refractivity contribution in [1.29, 1.82) is 0 Å². The minimum absolute atomic E-state index is 0.157. The largest absolute Gasteiger partial charge is 0.573 e. The smallest absolute Gasteiger partial charge is 0.494 e. The number of benzene rings is 2. The van der Waals surface area contributed by atoms with Gasteiger partial charge < -0.3 is 14.2 Å². The molecule has 3 rings (SSSR count). The Balaban J connectivity index is 2.23. The highest BCUT2D eigenvalue weighted by atomic mass is 19.4. The molecule has 182 valence electrons. The number of hydrogen-bond acceptors (Lipinski definition) is 4. The molecule has 2 aromatic carbocycles. The summed E-state index contributed by atoms with van der Waals surface area (Å²) in [6.07, 6.45) is -15.1. The van der Waals surface area contributed by atoms with Gasteiger partial charge in [-0.05, 0) is 35.9 Å². The molecule has 34 heavy (non-hydrogen) atoms. The van der Waals surface area contributed by atoms with Gasteiger partial charge in [0.25, 0.3) is 0 Å². The lowest BCUT2D eigenvalue weighted by Gasteiger charge is -2.18. The molecule has 0 atom stereocenters. The van der Waals surface area contributed by atoms with Crippen LogP contribution in [0.25, 0.3) is 22.4 Å². The second-order valence-corrected chi connectivity index (χ2v) is 6.59.